The first-order valence-corrected chi connectivity index (χ1v) is 23.2. The maximum absolute atomic E-state index is 12.3. The molecule has 1 unspecified atom stereocenters. The van der Waals surface area contributed by atoms with Crippen molar-refractivity contribution in [3.05, 3.63) is 179 Å². The molecule has 1 saturated heterocycles. The molecule has 290 valence electrons. The van der Waals surface area contributed by atoms with E-state index in [4.69, 9.17) is 23.1 Å². The molecule has 1 aliphatic rings. The molecule has 5 aromatic rings. The van der Waals surface area contributed by atoms with Gasteiger partial charge in [-0.25, -0.2) is 0 Å². The molecule has 6 rings (SSSR count). The molecular weight excluding hydrogens is 784 g/mol. The Morgan fingerprint density at radius 3 is 1.62 bits per heavy atom. The molecule has 0 aliphatic carbocycles. The van der Waals surface area contributed by atoms with Crippen molar-refractivity contribution in [1.82, 2.24) is 0 Å². The predicted octanol–water partition coefficient (Wildman–Crippen LogP) is 7.41. The Labute approximate surface area is 329 Å². The standard InChI is InChI=1S/C44H48O9SSe/c45-54(46,47)53-40(31-48-26-35-16-6-1-7-17-35)41(50-28-37-20-10-3-11-21-37)33-55-34-42(51-29-38-22-12-4-13-23-38)44(52-30-39-24-14-5-15-25-39)43(55)32-49-27-36-18-8-2-9-19-36/h1-25,40-44H,26-34H2/p+1/t40-,41+,42+,43+,44-,55?/m0/s1. The third kappa shape index (κ3) is 13.8. The van der Waals surface area contributed by atoms with E-state index in [2.05, 4.69) is 4.74 Å². The SMILES string of the molecule is O=S(=O)([O-])O[C@@H](C[OH+]Cc1ccccc1)[C@@H](C[Se+]1C[C@@H](OCc2ccccc2)[C@H](OCc2ccccc2)[C@H]1COCc1ccccc1)OCc1ccccc1. The van der Waals surface area contributed by atoms with Gasteiger partial charge in [-0.2, -0.15) is 0 Å². The number of hydrogen-bond acceptors (Lipinski definition) is 8. The van der Waals surface area contributed by atoms with Crippen molar-refractivity contribution in [1.29, 1.82) is 0 Å². The second kappa shape index (κ2) is 21.6. The monoisotopic (exact) mass is 833 g/mol. The van der Waals surface area contributed by atoms with Crippen molar-refractivity contribution in [2.24, 2.45) is 0 Å². The summed E-state index contributed by atoms with van der Waals surface area (Å²) in [5, 5.41) is 1.19. The van der Waals surface area contributed by atoms with Crippen molar-refractivity contribution in [3.63, 3.8) is 0 Å². The summed E-state index contributed by atoms with van der Waals surface area (Å²) >= 11 is -1.82. The van der Waals surface area contributed by atoms with Crippen LogP contribution in [0.1, 0.15) is 27.8 Å². The molecule has 1 N–H and O–H groups in total. The molecule has 5 aromatic carbocycles. The fourth-order valence-electron chi connectivity index (χ4n) is 6.53. The summed E-state index contributed by atoms with van der Waals surface area (Å²) in [6, 6.07) is 49.5. The summed E-state index contributed by atoms with van der Waals surface area (Å²) in [5.41, 5.74) is 5.05. The van der Waals surface area contributed by atoms with Crippen LogP contribution in [0.4, 0.5) is 0 Å². The van der Waals surface area contributed by atoms with Crippen LogP contribution in [0.3, 0.4) is 0 Å². The minimum absolute atomic E-state index is 0.0360. The Morgan fingerprint density at radius 1 is 0.618 bits per heavy atom. The molecule has 0 saturated carbocycles. The average Bonchev–Trinajstić information content (AvgIpc) is 3.54. The van der Waals surface area contributed by atoms with Gasteiger partial charge in [-0.15, -0.1) is 0 Å². The fraction of sp³-hybridized carbons (Fsp3) is 0.318. The van der Waals surface area contributed by atoms with Crippen molar-refractivity contribution >= 4 is 24.3 Å². The molecule has 0 aromatic heterocycles. The Balaban J connectivity index is 1.28. The zero-order chi connectivity index (χ0) is 38.1. The average molecular weight is 833 g/mol. The van der Waals surface area contributed by atoms with E-state index in [1.54, 1.807) is 0 Å². The molecule has 11 heteroatoms. The molecule has 55 heavy (non-hydrogen) atoms. The van der Waals surface area contributed by atoms with E-state index >= 15 is 0 Å². The zero-order valence-corrected chi connectivity index (χ0v) is 33.2. The molecule has 0 bridgehead atoms. The molecule has 9 nitrogen and oxygen atoms in total. The van der Waals surface area contributed by atoms with Gasteiger partial charge in [0, 0.05) is 0 Å². The predicted molar refractivity (Wildman–Crippen MR) is 212 cm³/mol. The van der Waals surface area contributed by atoms with E-state index in [-0.39, 0.29) is 30.2 Å². The molecule has 1 heterocycles. The van der Waals surface area contributed by atoms with Gasteiger partial charge in [-0.05, 0) is 0 Å². The van der Waals surface area contributed by atoms with Gasteiger partial charge in [-0.1, -0.05) is 0 Å². The maximum atomic E-state index is 12.3. The number of hydrogen-bond donors (Lipinski definition) is 0. The first-order valence-electron chi connectivity index (χ1n) is 18.5. The van der Waals surface area contributed by atoms with E-state index < -0.39 is 36.5 Å². The van der Waals surface area contributed by atoms with Gasteiger partial charge in [0.2, 0.25) is 0 Å². The van der Waals surface area contributed by atoms with Gasteiger partial charge in [0.1, 0.15) is 0 Å². The summed E-state index contributed by atoms with van der Waals surface area (Å²) < 4.78 is 73.2. The Kier molecular flexibility index (Phi) is 16.0. The second-order valence-corrected chi connectivity index (χ2v) is 19.4. The Bertz CT molecular complexity index is 1910. The van der Waals surface area contributed by atoms with Crippen LogP contribution in [-0.2, 0) is 66.6 Å². The van der Waals surface area contributed by atoms with Gasteiger partial charge in [0.25, 0.3) is 0 Å². The molecule has 0 radical (unpaired) electrons. The summed E-state index contributed by atoms with van der Waals surface area (Å²) in [5.74, 6) is 0. The van der Waals surface area contributed by atoms with Crippen molar-refractivity contribution in [2.45, 2.75) is 72.9 Å². The molecule has 0 spiro atoms. The zero-order valence-electron chi connectivity index (χ0n) is 30.7. The normalized spacial score (nSPS) is 19.6. The minimum atomic E-state index is -5.09. The van der Waals surface area contributed by atoms with Crippen molar-refractivity contribution in [3.8, 4) is 0 Å². The van der Waals surface area contributed by atoms with Gasteiger partial charge in [0.05, 0.1) is 0 Å². The van der Waals surface area contributed by atoms with Crippen LogP contribution in [-0.4, -0.2) is 69.2 Å². The van der Waals surface area contributed by atoms with Crippen LogP contribution in [0.25, 0.3) is 0 Å². The van der Waals surface area contributed by atoms with E-state index in [0.717, 1.165) is 33.1 Å². The third-order valence-corrected chi connectivity index (χ3v) is 15.6. The molecule has 1 fully saturated rings. The van der Waals surface area contributed by atoms with Gasteiger partial charge in [-0.3, -0.25) is 0 Å². The summed E-state index contributed by atoms with van der Waals surface area (Å²) in [7, 11) is -5.09. The Morgan fingerprint density at radius 2 is 1.09 bits per heavy atom. The van der Waals surface area contributed by atoms with E-state index in [9.17, 15) is 13.0 Å². The molecule has 6 atom stereocenters. The first-order chi connectivity index (χ1) is 26.9. The quantitative estimate of drug-likeness (QED) is 0.0307. The number of aliphatic hydroxyl groups is 2. The topological polar surface area (TPSA) is 116 Å². The van der Waals surface area contributed by atoms with Crippen LogP contribution < -0.4 is 0 Å². The number of ether oxygens (including phenoxy) is 5. The van der Waals surface area contributed by atoms with E-state index in [1.165, 1.54) is 0 Å². The summed E-state index contributed by atoms with van der Waals surface area (Å²) in [6.45, 7) is 2.18. The molecule has 1 aliphatic heterocycles. The van der Waals surface area contributed by atoms with E-state index in [0.29, 0.717) is 38.4 Å². The number of benzene rings is 5. The fourth-order valence-corrected chi connectivity index (χ4v) is 13.3. The van der Waals surface area contributed by atoms with E-state index in [1.807, 2.05) is 152 Å². The number of rotatable bonds is 22. The van der Waals surface area contributed by atoms with Crippen LogP contribution in [0.15, 0.2) is 152 Å². The summed E-state index contributed by atoms with van der Waals surface area (Å²) in [6.07, 6.45) is -2.44. The molecular formula is C44H49O9SSe+. The third-order valence-electron chi connectivity index (χ3n) is 9.31. The van der Waals surface area contributed by atoms with Gasteiger partial charge < -0.3 is 0 Å². The van der Waals surface area contributed by atoms with Crippen LogP contribution >= 0.6 is 0 Å². The van der Waals surface area contributed by atoms with Crippen LogP contribution in [0.2, 0.25) is 15.5 Å². The molecule has 0 amide bonds. The first kappa shape index (κ1) is 40.9. The Hall–Kier alpha value is -3.71. The summed E-state index contributed by atoms with van der Waals surface area (Å²) in [4.78, 5) is -0.0400. The van der Waals surface area contributed by atoms with Gasteiger partial charge in [0.15, 0.2) is 0 Å². The van der Waals surface area contributed by atoms with Crippen LogP contribution in [0.5, 0.6) is 0 Å². The van der Waals surface area contributed by atoms with Crippen molar-refractivity contribution in [2.75, 3.05) is 13.2 Å². The van der Waals surface area contributed by atoms with Crippen LogP contribution in [0, 0.1) is 0 Å². The van der Waals surface area contributed by atoms with Crippen molar-refractivity contribution < 1.29 is 40.8 Å². The second-order valence-electron chi connectivity index (χ2n) is 13.4. The van der Waals surface area contributed by atoms with Gasteiger partial charge >= 0.3 is 331 Å².